The minimum Gasteiger partial charge on any atom is -0.422 e. The lowest BCUT2D eigenvalue weighted by Crippen LogP contribution is -2.23. The lowest BCUT2D eigenvalue weighted by atomic mass is 9.97. The van der Waals surface area contributed by atoms with Gasteiger partial charge in [0, 0.05) is 15.8 Å². The Morgan fingerprint density at radius 2 is 1.96 bits per heavy atom. The van der Waals surface area contributed by atoms with Crippen LogP contribution in [0.4, 0.5) is 0 Å². The zero-order chi connectivity index (χ0) is 16.0. The van der Waals surface area contributed by atoms with Crippen molar-refractivity contribution in [2.24, 2.45) is 21.5 Å². The number of hydrogen-bond donors (Lipinski definition) is 2. The van der Waals surface area contributed by atoms with Crippen LogP contribution in [-0.4, -0.2) is 11.8 Å². The number of para-hydroxylation sites is 1. The van der Waals surface area contributed by atoms with Crippen LogP contribution in [0, 0.1) is 0 Å². The van der Waals surface area contributed by atoms with Crippen molar-refractivity contribution < 1.29 is 4.42 Å². The summed E-state index contributed by atoms with van der Waals surface area (Å²) in [5, 5.41) is 2.63. The van der Waals surface area contributed by atoms with Crippen molar-refractivity contribution in [2.75, 3.05) is 0 Å². The largest absolute Gasteiger partial charge is 0.422 e. The fraction of sp³-hybridized carbons (Fsp3) is 0.0625. The van der Waals surface area contributed by atoms with E-state index >= 15 is 0 Å². The molecular weight excluding hydrogens is 312 g/mol. The van der Waals surface area contributed by atoms with Gasteiger partial charge in [0.2, 0.25) is 5.96 Å². The van der Waals surface area contributed by atoms with Gasteiger partial charge in [-0.1, -0.05) is 24.3 Å². The molecular formula is C16H12N4O2S. The molecule has 3 aromatic rings. The SMILES string of the molecule is NC1=NC(c2cccs2)c2c(c3ccccc3oc2=O)C(N)=N1. The number of nitrogens with two attached hydrogens (primary N) is 2. The second kappa shape index (κ2) is 5.06. The van der Waals surface area contributed by atoms with Crippen LogP contribution >= 0.6 is 11.3 Å². The molecule has 4 rings (SSSR count). The number of aliphatic imine (C=N–C) groups is 2. The third kappa shape index (κ3) is 2.13. The second-order valence-corrected chi connectivity index (χ2v) is 6.06. The van der Waals surface area contributed by atoms with Gasteiger partial charge in [-0.3, -0.25) is 0 Å². The molecule has 114 valence electrons. The first-order valence-corrected chi connectivity index (χ1v) is 7.80. The number of rotatable bonds is 1. The summed E-state index contributed by atoms with van der Waals surface area (Å²) in [7, 11) is 0. The van der Waals surface area contributed by atoms with Crippen LogP contribution in [-0.2, 0) is 0 Å². The third-order valence-corrected chi connectivity index (χ3v) is 4.61. The molecule has 1 atom stereocenters. The standard InChI is InChI=1S/C16H12N4O2S/c17-14-11-8-4-1-2-5-9(8)22-15(21)12(11)13(19-16(18)20-14)10-6-3-7-23-10/h1-7,13H,(H4,17,18,19,20). The Morgan fingerprint density at radius 3 is 2.74 bits per heavy atom. The average molecular weight is 324 g/mol. The van der Waals surface area contributed by atoms with Crippen LogP contribution in [0.25, 0.3) is 11.0 Å². The van der Waals surface area contributed by atoms with E-state index < -0.39 is 11.7 Å². The van der Waals surface area contributed by atoms with Crippen molar-refractivity contribution in [1.82, 2.24) is 0 Å². The molecule has 0 radical (unpaired) electrons. The molecule has 6 nitrogen and oxygen atoms in total. The highest BCUT2D eigenvalue weighted by molar-refractivity contribution is 7.10. The van der Waals surface area contributed by atoms with Gasteiger partial charge in [0.25, 0.3) is 0 Å². The average Bonchev–Trinajstić information content (AvgIpc) is 3.01. The van der Waals surface area contributed by atoms with E-state index in [2.05, 4.69) is 9.98 Å². The number of guanidine groups is 1. The van der Waals surface area contributed by atoms with Crippen LogP contribution in [0.2, 0.25) is 0 Å². The second-order valence-electron chi connectivity index (χ2n) is 5.08. The van der Waals surface area contributed by atoms with E-state index in [-0.39, 0.29) is 11.8 Å². The summed E-state index contributed by atoms with van der Waals surface area (Å²) in [6.07, 6.45) is 0. The molecule has 1 unspecified atom stereocenters. The van der Waals surface area contributed by atoms with Crippen LogP contribution in [0.15, 0.2) is 61.0 Å². The minimum atomic E-state index is -0.573. The monoisotopic (exact) mass is 324 g/mol. The molecule has 23 heavy (non-hydrogen) atoms. The summed E-state index contributed by atoms with van der Waals surface area (Å²) in [5.74, 6) is 0.213. The topological polar surface area (TPSA) is 107 Å². The Hall–Kier alpha value is -2.93. The molecule has 2 aromatic heterocycles. The highest BCUT2D eigenvalue weighted by Gasteiger charge is 2.29. The number of thiophene rings is 1. The van der Waals surface area contributed by atoms with Gasteiger partial charge in [-0.15, -0.1) is 11.3 Å². The van der Waals surface area contributed by atoms with E-state index in [1.807, 2.05) is 29.6 Å². The van der Waals surface area contributed by atoms with E-state index in [4.69, 9.17) is 15.9 Å². The predicted molar refractivity (Wildman–Crippen MR) is 91.0 cm³/mol. The van der Waals surface area contributed by atoms with Crippen LogP contribution < -0.4 is 17.1 Å². The maximum Gasteiger partial charge on any atom is 0.342 e. The number of fused-ring (bicyclic) bond motifs is 3. The molecule has 0 saturated carbocycles. The molecule has 0 bridgehead atoms. The highest BCUT2D eigenvalue weighted by atomic mass is 32.1. The Labute approximate surface area is 134 Å². The van der Waals surface area contributed by atoms with Gasteiger partial charge in [-0.2, -0.15) is 4.99 Å². The van der Waals surface area contributed by atoms with E-state index in [1.54, 1.807) is 12.1 Å². The van der Waals surface area contributed by atoms with E-state index in [1.165, 1.54) is 11.3 Å². The number of amidine groups is 1. The molecule has 0 saturated heterocycles. The van der Waals surface area contributed by atoms with E-state index in [9.17, 15) is 4.79 Å². The predicted octanol–water partition coefficient (Wildman–Crippen LogP) is 1.98. The summed E-state index contributed by atoms with van der Waals surface area (Å²) in [6.45, 7) is 0. The lowest BCUT2D eigenvalue weighted by molar-refractivity contribution is 0.545. The Morgan fingerprint density at radius 1 is 1.13 bits per heavy atom. The molecule has 0 aliphatic carbocycles. The van der Waals surface area contributed by atoms with Gasteiger partial charge in [-0.25, -0.2) is 9.79 Å². The number of hydrogen-bond acceptors (Lipinski definition) is 7. The maximum absolute atomic E-state index is 12.6. The lowest BCUT2D eigenvalue weighted by Gasteiger charge is -2.13. The summed E-state index contributed by atoms with van der Waals surface area (Å²) < 4.78 is 5.46. The van der Waals surface area contributed by atoms with Crippen molar-refractivity contribution in [2.45, 2.75) is 6.04 Å². The maximum atomic E-state index is 12.6. The van der Waals surface area contributed by atoms with Crippen molar-refractivity contribution in [3.8, 4) is 0 Å². The quantitative estimate of drug-likeness (QED) is 0.667. The molecule has 1 aromatic carbocycles. The van der Waals surface area contributed by atoms with E-state index in [0.717, 1.165) is 10.3 Å². The smallest absolute Gasteiger partial charge is 0.342 e. The minimum absolute atomic E-state index is 0.0422. The van der Waals surface area contributed by atoms with Crippen LogP contribution in [0.1, 0.15) is 22.0 Å². The Balaban J connectivity index is 2.14. The van der Waals surface area contributed by atoms with Crippen molar-refractivity contribution in [3.63, 3.8) is 0 Å². The van der Waals surface area contributed by atoms with Crippen molar-refractivity contribution in [1.29, 1.82) is 0 Å². The highest BCUT2D eigenvalue weighted by Crippen LogP contribution is 2.34. The van der Waals surface area contributed by atoms with Gasteiger partial charge in [0.05, 0.1) is 5.56 Å². The first-order chi connectivity index (χ1) is 11.1. The summed E-state index contributed by atoms with van der Waals surface area (Å²) in [4.78, 5) is 22.0. The van der Waals surface area contributed by atoms with Gasteiger partial charge >= 0.3 is 5.63 Å². The fourth-order valence-electron chi connectivity index (χ4n) is 2.75. The third-order valence-electron chi connectivity index (χ3n) is 3.69. The Bertz CT molecular complexity index is 1020. The fourth-order valence-corrected chi connectivity index (χ4v) is 3.52. The molecule has 0 amide bonds. The first-order valence-electron chi connectivity index (χ1n) is 6.92. The zero-order valence-electron chi connectivity index (χ0n) is 11.9. The Kier molecular flexibility index (Phi) is 3.02. The van der Waals surface area contributed by atoms with Gasteiger partial charge in [-0.05, 0) is 17.5 Å². The van der Waals surface area contributed by atoms with Crippen molar-refractivity contribution >= 4 is 34.1 Å². The van der Waals surface area contributed by atoms with Gasteiger partial charge in [0.1, 0.15) is 17.5 Å². The van der Waals surface area contributed by atoms with Crippen molar-refractivity contribution in [3.05, 3.63) is 68.2 Å². The molecule has 0 fully saturated rings. The summed E-state index contributed by atoms with van der Waals surface area (Å²) in [6, 6.07) is 10.4. The summed E-state index contributed by atoms with van der Waals surface area (Å²) >= 11 is 1.48. The van der Waals surface area contributed by atoms with Gasteiger partial charge in [0.15, 0.2) is 0 Å². The summed E-state index contributed by atoms with van der Waals surface area (Å²) in [5.41, 5.74) is 12.8. The van der Waals surface area contributed by atoms with Gasteiger partial charge < -0.3 is 15.9 Å². The van der Waals surface area contributed by atoms with Crippen LogP contribution in [0.3, 0.4) is 0 Å². The zero-order valence-corrected chi connectivity index (χ0v) is 12.7. The number of benzene rings is 1. The first kappa shape index (κ1) is 13.7. The number of nitrogens with zero attached hydrogens (tertiary/aromatic N) is 2. The molecule has 1 aliphatic heterocycles. The molecule has 3 heterocycles. The molecule has 1 aliphatic rings. The molecule has 0 spiro atoms. The molecule has 7 heteroatoms. The van der Waals surface area contributed by atoms with E-state index in [0.29, 0.717) is 16.7 Å². The molecule has 4 N–H and O–H groups in total. The normalized spacial score (nSPS) is 17.3. The van der Waals surface area contributed by atoms with Crippen LogP contribution in [0.5, 0.6) is 0 Å².